The second-order valence-electron chi connectivity index (χ2n) is 6.51. The Morgan fingerprint density at radius 2 is 1.90 bits per heavy atom. The molecule has 0 heterocycles. The molecule has 21 heavy (non-hydrogen) atoms. The topological polar surface area (TPSA) is 46.5 Å². The molecule has 0 radical (unpaired) electrons. The Balaban J connectivity index is 1.96. The fraction of sp³-hybridized carbons (Fsp3) is 0.611. The third-order valence-electron chi connectivity index (χ3n) is 4.03. The predicted molar refractivity (Wildman–Crippen MR) is 83.3 cm³/mol. The van der Waals surface area contributed by atoms with Crippen LogP contribution in [0.1, 0.15) is 68.3 Å². The van der Waals surface area contributed by atoms with Gasteiger partial charge in [-0.25, -0.2) is 0 Å². The lowest BCUT2D eigenvalue weighted by molar-refractivity contribution is 0.0308. The van der Waals surface area contributed by atoms with Crippen LogP contribution in [0.3, 0.4) is 0 Å². The van der Waals surface area contributed by atoms with E-state index in [4.69, 9.17) is 4.74 Å². The van der Waals surface area contributed by atoms with Gasteiger partial charge in [-0.2, -0.15) is 0 Å². The van der Waals surface area contributed by atoms with Crippen LogP contribution in [0.4, 0.5) is 0 Å². The third-order valence-corrected chi connectivity index (χ3v) is 4.03. The Morgan fingerprint density at radius 1 is 1.24 bits per heavy atom. The van der Waals surface area contributed by atoms with E-state index in [0.717, 1.165) is 18.4 Å². The van der Waals surface area contributed by atoms with Gasteiger partial charge in [-0.05, 0) is 38.3 Å². The molecule has 0 aliphatic heterocycles. The van der Waals surface area contributed by atoms with Crippen LogP contribution in [-0.2, 0) is 11.3 Å². The maximum Gasteiger partial charge on any atom is 0.193 e. The van der Waals surface area contributed by atoms with Crippen molar-refractivity contribution in [2.24, 2.45) is 0 Å². The van der Waals surface area contributed by atoms with Crippen molar-refractivity contribution < 1.29 is 14.6 Å². The minimum absolute atomic E-state index is 0.251. The average molecular weight is 290 g/mol. The Morgan fingerprint density at radius 3 is 2.52 bits per heavy atom. The number of carbonyl (C=O) groups is 1. The monoisotopic (exact) mass is 290 g/mol. The maximum absolute atomic E-state index is 12.1. The molecule has 1 aromatic carbocycles. The number of ether oxygens (including phenoxy) is 1. The van der Waals surface area contributed by atoms with Crippen LogP contribution in [0.5, 0.6) is 0 Å². The van der Waals surface area contributed by atoms with Gasteiger partial charge in [0, 0.05) is 5.56 Å². The van der Waals surface area contributed by atoms with Crippen LogP contribution in [0.25, 0.3) is 0 Å². The highest BCUT2D eigenvalue weighted by molar-refractivity contribution is 6.01. The van der Waals surface area contributed by atoms with E-state index < -0.39 is 5.60 Å². The van der Waals surface area contributed by atoms with Gasteiger partial charge in [-0.1, -0.05) is 43.9 Å². The van der Waals surface area contributed by atoms with Gasteiger partial charge < -0.3 is 9.84 Å². The summed E-state index contributed by atoms with van der Waals surface area (Å²) >= 11 is 0. The number of Topliss-reactive ketones (excluding diaryl/α,β-unsaturated/α-hetero) is 1. The quantitative estimate of drug-likeness (QED) is 0.661. The van der Waals surface area contributed by atoms with Crippen LogP contribution in [0.2, 0.25) is 0 Å². The van der Waals surface area contributed by atoms with Crippen LogP contribution >= 0.6 is 0 Å². The van der Waals surface area contributed by atoms with Crippen molar-refractivity contribution in [3.63, 3.8) is 0 Å². The number of benzene rings is 1. The lowest BCUT2D eigenvalue weighted by Gasteiger charge is -2.17. The summed E-state index contributed by atoms with van der Waals surface area (Å²) in [6.07, 6.45) is 7.76. The Bertz CT molecular complexity index is 466. The van der Waals surface area contributed by atoms with E-state index in [0.29, 0.717) is 18.3 Å². The highest BCUT2D eigenvalue weighted by Gasteiger charge is 2.25. The number of hydrogen-bond donors (Lipinski definition) is 1. The van der Waals surface area contributed by atoms with Gasteiger partial charge in [0.1, 0.15) is 5.60 Å². The summed E-state index contributed by atoms with van der Waals surface area (Å²) < 4.78 is 6.00. The molecule has 1 aliphatic rings. The molecule has 1 aliphatic carbocycles. The zero-order valence-electron chi connectivity index (χ0n) is 13.1. The van der Waals surface area contributed by atoms with Crippen molar-refractivity contribution in [2.45, 2.75) is 70.7 Å². The SMILES string of the molecule is CC(C)(O)C(=O)c1cccc(COC2CCCCCC2)c1. The zero-order chi connectivity index (χ0) is 15.3. The van der Waals surface area contributed by atoms with Crippen molar-refractivity contribution in [3.05, 3.63) is 35.4 Å². The highest BCUT2D eigenvalue weighted by atomic mass is 16.5. The van der Waals surface area contributed by atoms with Crippen molar-refractivity contribution in [1.29, 1.82) is 0 Å². The molecule has 0 spiro atoms. The number of ketones is 1. The van der Waals surface area contributed by atoms with Gasteiger partial charge in [-0.3, -0.25) is 4.79 Å². The number of carbonyl (C=O) groups excluding carboxylic acids is 1. The molecule has 116 valence electrons. The Hall–Kier alpha value is -1.19. The number of rotatable bonds is 5. The summed E-state index contributed by atoms with van der Waals surface area (Å²) in [6, 6.07) is 7.40. The molecule has 0 amide bonds. The maximum atomic E-state index is 12.1. The van der Waals surface area contributed by atoms with Crippen LogP contribution in [-0.4, -0.2) is 22.6 Å². The molecule has 0 aromatic heterocycles. The second kappa shape index (κ2) is 7.19. The number of hydrogen-bond acceptors (Lipinski definition) is 3. The minimum Gasteiger partial charge on any atom is -0.382 e. The molecule has 0 saturated heterocycles. The minimum atomic E-state index is -1.33. The molecule has 3 nitrogen and oxygen atoms in total. The summed E-state index contributed by atoms with van der Waals surface area (Å²) in [5.74, 6) is -0.251. The molecule has 1 saturated carbocycles. The summed E-state index contributed by atoms with van der Waals surface area (Å²) in [5.41, 5.74) is 0.208. The van der Waals surface area contributed by atoms with Gasteiger partial charge in [0.15, 0.2) is 5.78 Å². The first kappa shape index (κ1) is 16.2. The van der Waals surface area contributed by atoms with E-state index in [2.05, 4.69) is 0 Å². The Labute approximate surface area is 127 Å². The van der Waals surface area contributed by atoms with Gasteiger partial charge in [0.25, 0.3) is 0 Å². The molecule has 1 N–H and O–H groups in total. The first-order chi connectivity index (χ1) is 9.97. The zero-order valence-corrected chi connectivity index (χ0v) is 13.1. The largest absolute Gasteiger partial charge is 0.382 e. The van der Waals surface area contributed by atoms with Crippen LogP contribution < -0.4 is 0 Å². The van der Waals surface area contributed by atoms with Gasteiger partial charge in [-0.15, -0.1) is 0 Å². The molecule has 1 fully saturated rings. The fourth-order valence-electron chi connectivity index (χ4n) is 2.78. The lowest BCUT2D eigenvalue weighted by Crippen LogP contribution is -2.31. The van der Waals surface area contributed by atoms with E-state index in [1.165, 1.54) is 39.5 Å². The van der Waals surface area contributed by atoms with E-state index in [1.54, 1.807) is 6.07 Å². The van der Waals surface area contributed by atoms with E-state index in [-0.39, 0.29) is 5.78 Å². The summed E-state index contributed by atoms with van der Waals surface area (Å²) in [6.45, 7) is 3.58. The van der Waals surface area contributed by atoms with Crippen molar-refractivity contribution in [1.82, 2.24) is 0 Å². The highest BCUT2D eigenvalue weighted by Crippen LogP contribution is 2.21. The molecular weight excluding hydrogens is 264 g/mol. The first-order valence-electron chi connectivity index (χ1n) is 7.94. The van der Waals surface area contributed by atoms with E-state index in [9.17, 15) is 9.90 Å². The molecule has 0 atom stereocenters. The van der Waals surface area contributed by atoms with Gasteiger partial charge >= 0.3 is 0 Å². The smallest absolute Gasteiger partial charge is 0.193 e. The molecule has 3 heteroatoms. The van der Waals surface area contributed by atoms with Gasteiger partial charge in [0.2, 0.25) is 0 Å². The van der Waals surface area contributed by atoms with Crippen molar-refractivity contribution in [2.75, 3.05) is 0 Å². The summed E-state index contributed by atoms with van der Waals surface area (Å²) in [4.78, 5) is 12.1. The first-order valence-corrected chi connectivity index (χ1v) is 7.94. The van der Waals surface area contributed by atoms with E-state index in [1.807, 2.05) is 18.2 Å². The van der Waals surface area contributed by atoms with Crippen molar-refractivity contribution in [3.8, 4) is 0 Å². The second-order valence-corrected chi connectivity index (χ2v) is 6.51. The summed E-state index contributed by atoms with van der Waals surface area (Å²) in [5, 5.41) is 9.81. The average Bonchev–Trinajstić information content (AvgIpc) is 2.72. The fourth-order valence-corrected chi connectivity index (χ4v) is 2.78. The van der Waals surface area contributed by atoms with E-state index >= 15 is 0 Å². The number of aliphatic hydroxyl groups is 1. The normalized spacial score (nSPS) is 17.5. The molecule has 1 aromatic rings. The molecule has 0 unspecified atom stereocenters. The Kier molecular flexibility index (Phi) is 5.54. The third kappa shape index (κ3) is 4.94. The molecule has 0 bridgehead atoms. The van der Waals surface area contributed by atoms with Gasteiger partial charge in [0.05, 0.1) is 12.7 Å². The van der Waals surface area contributed by atoms with Crippen molar-refractivity contribution >= 4 is 5.78 Å². The lowest BCUT2D eigenvalue weighted by atomic mass is 9.96. The predicted octanol–water partition coefficient (Wildman–Crippen LogP) is 3.88. The van der Waals surface area contributed by atoms with Crippen LogP contribution in [0.15, 0.2) is 24.3 Å². The molecule has 2 rings (SSSR count). The van der Waals surface area contributed by atoms with Crippen LogP contribution in [0, 0.1) is 0 Å². The standard InChI is InChI=1S/C18H26O3/c1-18(2,20)17(19)15-9-7-8-14(12-15)13-21-16-10-5-3-4-6-11-16/h7-9,12,16,20H,3-6,10-11,13H2,1-2H3. The molecular formula is C18H26O3. The summed E-state index contributed by atoms with van der Waals surface area (Å²) in [7, 11) is 0.